The molecule has 0 fully saturated rings. The van der Waals surface area contributed by atoms with Gasteiger partial charge in [0.15, 0.2) is 0 Å². The predicted octanol–water partition coefficient (Wildman–Crippen LogP) is 3.13. The van der Waals surface area contributed by atoms with Gasteiger partial charge in [-0.3, -0.25) is 0 Å². The molecule has 7 heteroatoms. The van der Waals surface area contributed by atoms with Crippen LogP contribution in [0.15, 0.2) is 38.3 Å². The number of rotatable bonds is 5. The molecule has 4 nitrogen and oxygen atoms in total. The van der Waals surface area contributed by atoms with Crippen molar-refractivity contribution in [2.75, 3.05) is 7.05 Å². The summed E-state index contributed by atoms with van der Waals surface area (Å²) in [5.41, 5.74) is 2.44. The van der Waals surface area contributed by atoms with Gasteiger partial charge in [0.05, 0.1) is 15.3 Å². The van der Waals surface area contributed by atoms with Gasteiger partial charge in [-0.1, -0.05) is 6.07 Å². The highest BCUT2D eigenvalue weighted by Crippen LogP contribution is 2.24. The van der Waals surface area contributed by atoms with Crippen molar-refractivity contribution in [3.05, 3.63) is 50.1 Å². The van der Waals surface area contributed by atoms with E-state index in [1.807, 2.05) is 18.4 Å². The molecule has 0 atom stereocenters. The summed E-state index contributed by atoms with van der Waals surface area (Å²) in [7, 11) is -2.01. The molecule has 0 bridgehead atoms. The Morgan fingerprint density at radius 2 is 2.05 bits per heavy atom. The summed E-state index contributed by atoms with van der Waals surface area (Å²) in [6, 6.07) is 6.73. The molecule has 0 aliphatic heterocycles. The molecule has 1 heterocycles. The molecule has 0 saturated heterocycles. The maximum atomic E-state index is 12.6. The number of aliphatic hydroxyl groups is 1. The highest BCUT2D eigenvalue weighted by atomic mass is 79.9. The molecule has 1 aromatic heterocycles. The summed E-state index contributed by atoms with van der Waals surface area (Å²) < 4.78 is 27.4. The van der Waals surface area contributed by atoms with E-state index in [0.717, 1.165) is 14.9 Å². The van der Waals surface area contributed by atoms with Crippen LogP contribution >= 0.6 is 27.3 Å². The van der Waals surface area contributed by atoms with Crippen LogP contribution in [-0.4, -0.2) is 24.9 Å². The minimum Gasteiger partial charge on any atom is -0.392 e. The van der Waals surface area contributed by atoms with Crippen molar-refractivity contribution in [1.82, 2.24) is 4.31 Å². The first kappa shape index (κ1) is 16.6. The molecule has 0 unspecified atom stereocenters. The highest BCUT2D eigenvalue weighted by molar-refractivity contribution is 9.11. The summed E-state index contributed by atoms with van der Waals surface area (Å²) in [6.07, 6.45) is 0. The number of sulfonamides is 1. The number of halogens is 1. The lowest BCUT2D eigenvalue weighted by Gasteiger charge is -2.17. The molecular formula is C14H16BrNO3S2. The Morgan fingerprint density at radius 1 is 1.33 bits per heavy atom. The summed E-state index contributed by atoms with van der Waals surface area (Å²) in [4.78, 5) is 0.203. The van der Waals surface area contributed by atoms with Crippen molar-refractivity contribution in [3.63, 3.8) is 0 Å². The van der Waals surface area contributed by atoms with Crippen LogP contribution in [0.1, 0.15) is 16.7 Å². The van der Waals surface area contributed by atoms with Crippen molar-refractivity contribution < 1.29 is 13.5 Å². The minimum atomic E-state index is -3.57. The van der Waals surface area contributed by atoms with Crippen LogP contribution in [0.5, 0.6) is 0 Å². The Kier molecular flexibility index (Phi) is 5.21. The Bertz CT molecular complexity index is 740. The van der Waals surface area contributed by atoms with E-state index in [1.165, 1.54) is 21.7 Å². The third-order valence-corrected chi connectivity index (χ3v) is 6.58. The van der Waals surface area contributed by atoms with Crippen molar-refractivity contribution in [2.45, 2.75) is 25.0 Å². The normalized spacial score (nSPS) is 12.0. The van der Waals surface area contributed by atoms with Crippen molar-refractivity contribution in [3.8, 4) is 0 Å². The largest absolute Gasteiger partial charge is 0.392 e. The van der Waals surface area contributed by atoms with Gasteiger partial charge in [0.1, 0.15) is 0 Å². The number of nitrogens with zero attached hydrogens (tertiary/aromatic N) is 1. The van der Waals surface area contributed by atoms with Crippen molar-refractivity contribution in [1.29, 1.82) is 0 Å². The second-order valence-corrected chi connectivity index (χ2v) is 9.10. The van der Waals surface area contributed by atoms with E-state index in [2.05, 4.69) is 15.9 Å². The molecule has 0 aliphatic carbocycles. The maximum absolute atomic E-state index is 12.6. The van der Waals surface area contributed by atoms with E-state index in [1.54, 1.807) is 19.2 Å². The molecule has 0 saturated carbocycles. The SMILES string of the molecule is Cc1ccc(S(=O)(=O)N(C)Cc2csc(Br)c2)cc1CO. The molecule has 0 amide bonds. The third kappa shape index (κ3) is 3.73. The van der Waals surface area contributed by atoms with E-state index < -0.39 is 10.0 Å². The molecule has 2 rings (SSSR count). The van der Waals surface area contributed by atoms with Crippen LogP contribution in [0.25, 0.3) is 0 Å². The zero-order valence-corrected chi connectivity index (χ0v) is 14.9. The average Bonchev–Trinajstić information content (AvgIpc) is 2.84. The zero-order valence-electron chi connectivity index (χ0n) is 11.7. The van der Waals surface area contributed by atoms with Gasteiger partial charge in [0.2, 0.25) is 10.0 Å². The fourth-order valence-corrected chi connectivity index (χ4v) is 4.34. The highest BCUT2D eigenvalue weighted by Gasteiger charge is 2.22. The first-order valence-corrected chi connectivity index (χ1v) is 9.35. The monoisotopic (exact) mass is 389 g/mol. The standard InChI is InChI=1S/C14H16BrNO3S2/c1-10-3-4-13(6-12(10)8-17)21(18,19)16(2)7-11-5-14(15)20-9-11/h3-6,9,17H,7-8H2,1-2H3. The van der Waals surface area contributed by atoms with Crippen LogP contribution < -0.4 is 0 Å². The molecule has 0 spiro atoms. The second-order valence-electron chi connectivity index (χ2n) is 4.77. The predicted molar refractivity (Wildman–Crippen MR) is 87.8 cm³/mol. The van der Waals surface area contributed by atoms with Gasteiger partial charge in [-0.05, 0) is 63.1 Å². The molecule has 0 radical (unpaired) electrons. The van der Waals surface area contributed by atoms with Crippen LogP contribution in [0.2, 0.25) is 0 Å². The number of aryl methyl sites for hydroxylation is 1. The van der Waals surface area contributed by atoms with Gasteiger partial charge in [-0.25, -0.2) is 8.42 Å². The molecule has 114 valence electrons. The Hall–Kier alpha value is -0.730. The summed E-state index contributed by atoms with van der Waals surface area (Å²) >= 11 is 4.89. The van der Waals surface area contributed by atoms with Crippen molar-refractivity contribution >= 4 is 37.3 Å². The maximum Gasteiger partial charge on any atom is 0.243 e. The van der Waals surface area contributed by atoms with E-state index in [-0.39, 0.29) is 11.5 Å². The summed E-state index contributed by atoms with van der Waals surface area (Å²) in [5, 5.41) is 11.2. The summed E-state index contributed by atoms with van der Waals surface area (Å²) in [5.74, 6) is 0. The zero-order chi connectivity index (χ0) is 15.6. The van der Waals surface area contributed by atoms with E-state index in [4.69, 9.17) is 0 Å². The van der Waals surface area contributed by atoms with Gasteiger partial charge in [0.25, 0.3) is 0 Å². The van der Waals surface area contributed by atoms with E-state index in [0.29, 0.717) is 12.1 Å². The lowest BCUT2D eigenvalue weighted by Crippen LogP contribution is -2.26. The lowest BCUT2D eigenvalue weighted by molar-refractivity contribution is 0.280. The Morgan fingerprint density at radius 3 is 2.62 bits per heavy atom. The van der Waals surface area contributed by atoms with E-state index >= 15 is 0 Å². The topological polar surface area (TPSA) is 57.6 Å². The quantitative estimate of drug-likeness (QED) is 0.854. The smallest absolute Gasteiger partial charge is 0.243 e. The number of thiophene rings is 1. The van der Waals surface area contributed by atoms with Crippen molar-refractivity contribution in [2.24, 2.45) is 0 Å². The minimum absolute atomic E-state index is 0.170. The lowest BCUT2D eigenvalue weighted by atomic mass is 10.1. The van der Waals surface area contributed by atoms with Gasteiger partial charge in [0, 0.05) is 13.6 Å². The average molecular weight is 390 g/mol. The molecular weight excluding hydrogens is 374 g/mol. The second kappa shape index (κ2) is 6.58. The third-order valence-electron chi connectivity index (χ3n) is 3.23. The molecule has 2 aromatic rings. The first-order chi connectivity index (χ1) is 9.84. The fraction of sp³-hybridized carbons (Fsp3) is 0.286. The Balaban J connectivity index is 2.28. The van der Waals surface area contributed by atoms with Gasteiger partial charge in [-0.2, -0.15) is 4.31 Å². The van der Waals surface area contributed by atoms with Gasteiger partial charge in [-0.15, -0.1) is 11.3 Å². The molecule has 1 aromatic carbocycles. The molecule has 0 aliphatic rings. The number of benzene rings is 1. The molecule has 21 heavy (non-hydrogen) atoms. The Labute approximate surface area is 137 Å². The number of aliphatic hydroxyl groups excluding tert-OH is 1. The summed E-state index contributed by atoms with van der Waals surface area (Å²) in [6.45, 7) is 1.98. The fourth-order valence-electron chi connectivity index (χ4n) is 1.93. The van der Waals surface area contributed by atoms with Crippen LogP contribution in [0.3, 0.4) is 0 Å². The number of hydrogen-bond acceptors (Lipinski definition) is 4. The van der Waals surface area contributed by atoms with Crippen LogP contribution in [0, 0.1) is 6.92 Å². The molecule has 1 N–H and O–H groups in total. The van der Waals surface area contributed by atoms with Gasteiger partial charge < -0.3 is 5.11 Å². The van der Waals surface area contributed by atoms with E-state index in [9.17, 15) is 13.5 Å². The first-order valence-electron chi connectivity index (χ1n) is 6.24. The number of hydrogen-bond donors (Lipinski definition) is 1. The van der Waals surface area contributed by atoms with Gasteiger partial charge >= 0.3 is 0 Å². The van der Waals surface area contributed by atoms with Crippen LogP contribution in [-0.2, 0) is 23.2 Å². The van der Waals surface area contributed by atoms with Crippen LogP contribution in [0.4, 0.5) is 0 Å².